The Morgan fingerprint density at radius 1 is 0.946 bits per heavy atom. The largest absolute Gasteiger partial charge is 0.422 e. The van der Waals surface area contributed by atoms with Crippen LogP contribution in [0.2, 0.25) is 5.02 Å². The van der Waals surface area contributed by atoms with Crippen LogP contribution in [0.1, 0.15) is 90.4 Å². The molecule has 1 saturated carbocycles. The Labute approximate surface area is 220 Å². The van der Waals surface area contributed by atoms with E-state index in [1.807, 2.05) is 0 Å². The van der Waals surface area contributed by atoms with Crippen molar-refractivity contribution in [2.45, 2.75) is 86.1 Å². The minimum Gasteiger partial charge on any atom is -0.422 e. The Morgan fingerprint density at radius 2 is 1.46 bits per heavy atom. The molecular formula is C25H34ClN3O8. The highest BCUT2D eigenvalue weighted by molar-refractivity contribution is 6.35. The van der Waals surface area contributed by atoms with E-state index in [4.69, 9.17) is 21.1 Å². The second-order valence-corrected chi connectivity index (χ2v) is 11.5. The molecular weight excluding hydrogens is 506 g/mol. The first-order valence-corrected chi connectivity index (χ1v) is 12.5. The highest BCUT2D eigenvalue weighted by atomic mass is 35.5. The lowest BCUT2D eigenvalue weighted by Gasteiger charge is -2.21. The zero-order valence-electron chi connectivity index (χ0n) is 22.0. The van der Waals surface area contributed by atoms with E-state index in [9.17, 15) is 29.3 Å². The predicted molar refractivity (Wildman–Crippen MR) is 136 cm³/mol. The molecule has 1 fully saturated rings. The minimum absolute atomic E-state index is 0.136. The number of esters is 2. The maximum Gasteiger partial charge on any atom is 0.329 e. The molecule has 1 aliphatic rings. The monoisotopic (exact) mass is 539 g/mol. The molecule has 2 N–H and O–H groups in total. The van der Waals surface area contributed by atoms with E-state index in [1.165, 1.54) is 20.8 Å². The smallest absolute Gasteiger partial charge is 0.329 e. The summed E-state index contributed by atoms with van der Waals surface area (Å²) in [7, 11) is 0. The van der Waals surface area contributed by atoms with E-state index in [-0.39, 0.29) is 6.04 Å². The van der Waals surface area contributed by atoms with Crippen molar-refractivity contribution >= 4 is 41.2 Å². The van der Waals surface area contributed by atoms with Gasteiger partial charge in [-0.05, 0) is 54.4 Å². The molecule has 0 aliphatic heterocycles. The lowest BCUT2D eigenvalue weighted by Crippen LogP contribution is -2.44. The Morgan fingerprint density at radius 3 is 1.95 bits per heavy atom. The van der Waals surface area contributed by atoms with Gasteiger partial charge in [-0.15, -0.1) is 0 Å². The van der Waals surface area contributed by atoms with Crippen LogP contribution in [0, 0.1) is 20.9 Å². The van der Waals surface area contributed by atoms with Gasteiger partial charge >= 0.3 is 23.7 Å². The van der Waals surface area contributed by atoms with Crippen molar-refractivity contribution in [2.24, 2.45) is 10.8 Å². The number of benzene rings is 1. The summed E-state index contributed by atoms with van der Waals surface area (Å²) in [5.41, 5.74) is -3.84. The number of urea groups is 1. The quantitative estimate of drug-likeness (QED) is 0.168. The summed E-state index contributed by atoms with van der Waals surface area (Å²) in [4.78, 5) is 61.9. The molecule has 0 bridgehead atoms. The second-order valence-electron chi connectivity index (χ2n) is 11.1. The summed E-state index contributed by atoms with van der Waals surface area (Å²) < 4.78 is 10.6. The molecule has 1 aromatic rings. The van der Waals surface area contributed by atoms with Crippen molar-refractivity contribution in [1.29, 1.82) is 0 Å². The highest BCUT2D eigenvalue weighted by Crippen LogP contribution is 2.45. The lowest BCUT2D eigenvalue weighted by atomic mass is 9.97. The molecule has 1 aliphatic carbocycles. The molecule has 0 radical (unpaired) electrons. The van der Waals surface area contributed by atoms with E-state index in [0.29, 0.717) is 0 Å². The van der Waals surface area contributed by atoms with Gasteiger partial charge in [-0.25, -0.2) is 4.79 Å². The van der Waals surface area contributed by atoms with E-state index in [0.717, 1.165) is 44.6 Å². The Kier molecular flexibility index (Phi) is 9.65. The first-order valence-electron chi connectivity index (χ1n) is 12.1. The molecule has 0 spiro atoms. The maximum atomic E-state index is 13.0. The summed E-state index contributed by atoms with van der Waals surface area (Å²) in [5, 5.41) is 16.4. The minimum atomic E-state index is -1.18. The number of imide groups is 1. The van der Waals surface area contributed by atoms with Crippen LogP contribution in [-0.4, -0.2) is 34.8 Å². The maximum absolute atomic E-state index is 13.0. The highest BCUT2D eigenvalue weighted by Gasteiger charge is 2.38. The standard InChI is InChI=1S/C25H34ClN3O8/c1-24(2,3)21(31)36-16-13-15(26)17(18(29(34)35)19(16)37-22(32)25(4,5)6)20(30)28-23(33)27-14-11-9-7-8-10-12-14/h13-14H,7-12H2,1-6H3,(H2,27,28,30,33). The van der Waals surface area contributed by atoms with Gasteiger partial charge in [0.15, 0.2) is 5.75 Å². The fourth-order valence-corrected chi connectivity index (χ4v) is 3.74. The number of nitrogens with one attached hydrogen (secondary N) is 2. The van der Waals surface area contributed by atoms with E-state index < -0.39 is 67.4 Å². The first-order chi connectivity index (χ1) is 17.0. The van der Waals surface area contributed by atoms with Gasteiger partial charge in [-0.3, -0.25) is 29.8 Å². The average Bonchev–Trinajstić information content (AvgIpc) is 3.01. The number of nitro groups is 1. The SMILES string of the molecule is CC(C)(C)C(=O)Oc1cc(Cl)c(C(=O)NC(=O)NC2CCCCCC2)c([N+](=O)[O-])c1OC(=O)C(C)(C)C. The molecule has 2 rings (SSSR count). The molecule has 204 valence electrons. The van der Waals surface area contributed by atoms with E-state index in [1.54, 1.807) is 20.8 Å². The molecule has 0 unspecified atom stereocenters. The number of rotatable bonds is 5. The van der Waals surface area contributed by atoms with E-state index >= 15 is 0 Å². The first kappa shape index (κ1) is 30.0. The molecule has 1 aromatic carbocycles. The van der Waals surface area contributed by atoms with Crippen LogP contribution < -0.4 is 20.1 Å². The molecule has 37 heavy (non-hydrogen) atoms. The number of halogens is 1. The number of nitrogens with zero attached hydrogens (tertiary/aromatic N) is 1. The van der Waals surface area contributed by atoms with Gasteiger partial charge in [-0.2, -0.15) is 0 Å². The Bertz CT molecular complexity index is 1080. The zero-order valence-corrected chi connectivity index (χ0v) is 22.7. The lowest BCUT2D eigenvalue weighted by molar-refractivity contribution is -0.386. The number of hydrogen-bond donors (Lipinski definition) is 2. The van der Waals surface area contributed by atoms with Gasteiger partial charge in [0.25, 0.3) is 11.7 Å². The number of carbonyl (C=O) groups excluding carboxylic acids is 4. The number of ether oxygens (including phenoxy) is 2. The number of nitro benzene ring substituents is 1. The van der Waals surface area contributed by atoms with Crippen molar-refractivity contribution in [3.8, 4) is 11.5 Å². The summed E-state index contributed by atoms with van der Waals surface area (Å²) in [5.74, 6) is -4.12. The molecule has 0 aromatic heterocycles. The zero-order chi connectivity index (χ0) is 28.1. The third-order valence-corrected chi connectivity index (χ3v) is 5.92. The van der Waals surface area contributed by atoms with Crippen molar-refractivity contribution in [3.05, 3.63) is 26.8 Å². The van der Waals surface area contributed by atoms with Gasteiger partial charge in [0.2, 0.25) is 0 Å². The van der Waals surface area contributed by atoms with Crippen molar-refractivity contribution in [3.63, 3.8) is 0 Å². The number of amides is 3. The van der Waals surface area contributed by atoms with Crippen molar-refractivity contribution in [1.82, 2.24) is 10.6 Å². The van der Waals surface area contributed by atoms with Crippen LogP contribution in [0.25, 0.3) is 0 Å². The molecule has 12 heteroatoms. The van der Waals surface area contributed by atoms with E-state index in [2.05, 4.69) is 10.6 Å². The van der Waals surface area contributed by atoms with Gasteiger partial charge in [-0.1, -0.05) is 37.3 Å². The molecule has 0 atom stereocenters. The summed E-state index contributed by atoms with van der Waals surface area (Å²) in [6, 6.07) is 0.00341. The molecule has 0 saturated heterocycles. The van der Waals surface area contributed by atoms with Crippen LogP contribution in [0.4, 0.5) is 10.5 Å². The summed E-state index contributed by atoms with van der Waals surface area (Å²) in [6.45, 7) is 9.22. The summed E-state index contributed by atoms with van der Waals surface area (Å²) in [6.07, 6.45) is 5.50. The summed E-state index contributed by atoms with van der Waals surface area (Å²) >= 11 is 6.24. The normalized spacial score (nSPS) is 14.8. The fourth-order valence-electron chi connectivity index (χ4n) is 3.47. The number of hydrogen-bond acceptors (Lipinski definition) is 8. The number of carbonyl (C=O) groups is 4. The van der Waals surface area contributed by atoms with Crippen molar-refractivity contribution < 1.29 is 33.6 Å². The van der Waals surface area contributed by atoms with Crippen molar-refractivity contribution in [2.75, 3.05) is 0 Å². The Balaban J connectivity index is 2.52. The van der Waals surface area contributed by atoms with Gasteiger partial charge in [0.05, 0.1) is 20.8 Å². The second kappa shape index (κ2) is 11.9. The topological polar surface area (TPSA) is 154 Å². The fraction of sp³-hybridized carbons (Fsp3) is 0.600. The average molecular weight is 540 g/mol. The van der Waals surface area contributed by atoms with Gasteiger partial charge < -0.3 is 14.8 Å². The van der Waals surface area contributed by atoms with Gasteiger partial charge in [0.1, 0.15) is 5.56 Å². The van der Waals surface area contributed by atoms with Crippen LogP contribution in [0.3, 0.4) is 0 Å². The van der Waals surface area contributed by atoms with Crippen LogP contribution >= 0.6 is 11.6 Å². The van der Waals surface area contributed by atoms with Crippen LogP contribution in [0.5, 0.6) is 11.5 Å². The third-order valence-electron chi connectivity index (χ3n) is 5.62. The molecule has 11 nitrogen and oxygen atoms in total. The molecule has 3 amide bonds. The Hall–Kier alpha value is -3.21. The van der Waals surface area contributed by atoms with Crippen LogP contribution in [-0.2, 0) is 9.59 Å². The molecule has 0 heterocycles. The van der Waals surface area contributed by atoms with Gasteiger partial charge in [0, 0.05) is 12.1 Å². The van der Waals surface area contributed by atoms with Crippen LogP contribution in [0.15, 0.2) is 6.07 Å². The third kappa shape index (κ3) is 8.14. The predicted octanol–water partition coefficient (Wildman–Crippen LogP) is 5.31.